The van der Waals surface area contributed by atoms with Crippen LogP contribution in [-0.4, -0.2) is 14.3 Å². The van der Waals surface area contributed by atoms with Gasteiger partial charge in [0.25, 0.3) is 10.0 Å². The van der Waals surface area contributed by atoms with Crippen LogP contribution in [0.25, 0.3) is 0 Å². The Kier molecular flexibility index (Phi) is 3.62. The molecule has 22 heavy (non-hydrogen) atoms. The van der Waals surface area contributed by atoms with E-state index in [-0.39, 0.29) is 10.8 Å². The Hall–Kier alpha value is -2.34. The van der Waals surface area contributed by atoms with Crippen molar-refractivity contribution in [3.05, 3.63) is 53.6 Å². The largest absolute Gasteiger partial charge is 0.326 e. The Morgan fingerprint density at radius 3 is 2.50 bits per heavy atom. The first-order valence-corrected chi connectivity index (χ1v) is 8.45. The first-order valence-electron chi connectivity index (χ1n) is 6.97. The van der Waals surface area contributed by atoms with Crippen molar-refractivity contribution < 1.29 is 13.2 Å². The molecule has 1 amide bonds. The molecule has 0 radical (unpaired) electrons. The molecule has 114 valence electrons. The van der Waals surface area contributed by atoms with E-state index in [1.165, 1.54) is 0 Å². The zero-order valence-electron chi connectivity index (χ0n) is 12.1. The van der Waals surface area contributed by atoms with Gasteiger partial charge in [-0.3, -0.25) is 9.52 Å². The first-order chi connectivity index (χ1) is 10.5. The van der Waals surface area contributed by atoms with Crippen LogP contribution >= 0.6 is 0 Å². The summed E-state index contributed by atoms with van der Waals surface area (Å²) in [5, 5.41) is 2.76. The second-order valence-electron chi connectivity index (χ2n) is 5.30. The minimum Gasteiger partial charge on any atom is -0.326 e. The van der Waals surface area contributed by atoms with Gasteiger partial charge in [0.2, 0.25) is 5.91 Å². The number of carbonyl (C=O) groups is 1. The Bertz CT molecular complexity index is 827. The van der Waals surface area contributed by atoms with Gasteiger partial charge in [0.15, 0.2) is 0 Å². The highest BCUT2D eigenvalue weighted by atomic mass is 32.2. The minimum atomic E-state index is -3.64. The summed E-state index contributed by atoms with van der Waals surface area (Å²) in [6.45, 7) is 1.90. The van der Waals surface area contributed by atoms with E-state index in [0.717, 1.165) is 11.1 Å². The molecule has 0 fully saturated rings. The quantitative estimate of drug-likeness (QED) is 0.914. The molecule has 0 saturated heterocycles. The number of rotatable bonds is 3. The average molecular weight is 316 g/mol. The molecular formula is C16H16N2O3S. The van der Waals surface area contributed by atoms with Crippen molar-refractivity contribution in [2.75, 3.05) is 10.0 Å². The molecule has 0 unspecified atom stereocenters. The molecule has 0 aliphatic carbocycles. The van der Waals surface area contributed by atoms with Crippen molar-refractivity contribution in [2.24, 2.45) is 0 Å². The lowest BCUT2D eigenvalue weighted by molar-refractivity contribution is -0.116. The minimum absolute atomic E-state index is 0.0500. The van der Waals surface area contributed by atoms with Gasteiger partial charge in [-0.15, -0.1) is 0 Å². The lowest BCUT2D eigenvalue weighted by Gasteiger charge is -2.20. The van der Waals surface area contributed by atoms with Gasteiger partial charge in [0.05, 0.1) is 10.6 Å². The van der Waals surface area contributed by atoms with E-state index in [1.54, 1.807) is 42.5 Å². The number of hydrogen-bond donors (Lipinski definition) is 2. The van der Waals surface area contributed by atoms with Crippen LogP contribution in [0.15, 0.2) is 47.4 Å². The Labute approximate surface area is 129 Å². The second kappa shape index (κ2) is 5.46. The highest BCUT2D eigenvalue weighted by Gasteiger charge is 2.21. The molecule has 1 heterocycles. The maximum absolute atomic E-state index is 12.5. The summed E-state index contributed by atoms with van der Waals surface area (Å²) < 4.78 is 27.5. The number of benzene rings is 2. The van der Waals surface area contributed by atoms with Gasteiger partial charge in [0, 0.05) is 17.7 Å². The van der Waals surface area contributed by atoms with Gasteiger partial charge >= 0.3 is 0 Å². The molecule has 1 aliphatic heterocycles. The molecule has 0 atom stereocenters. The molecule has 0 bridgehead atoms. The monoisotopic (exact) mass is 316 g/mol. The smallest absolute Gasteiger partial charge is 0.261 e. The standard InChI is InChI=1S/C16H16N2O3S/c1-11-5-7-12(8-6-11)22(20,21)18-15-4-2-3-14-13(15)9-10-16(19)17-14/h2-8,18H,9-10H2,1H3,(H,17,19). The number of carbonyl (C=O) groups excluding carboxylic acids is 1. The third kappa shape index (κ3) is 2.82. The number of hydrogen-bond acceptors (Lipinski definition) is 3. The molecule has 2 N–H and O–H groups in total. The van der Waals surface area contributed by atoms with Crippen LogP contribution in [0.3, 0.4) is 0 Å². The van der Waals surface area contributed by atoms with Crippen LogP contribution < -0.4 is 10.0 Å². The molecule has 3 rings (SSSR count). The summed E-state index contributed by atoms with van der Waals surface area (Å²) >= 11 is 0. The highest BCUT2D eigenvalue weighted by molar-refractivity contribution is 7.92. The van der Waals surface area contributed by atoms with Gasteiger partial charge in [-0.05, 0) is 37.6 Å². The molecule has 0 saturated carbocycles. The van der Waals surface area contributed by atoms with Crippen LogP contribution in [0.1, 0.15) is 17.5 Å². The summed E-state index contributed by atoms with van der Waals surface area (Å²) in [5.74, 6) is -0.0500. The summed E-state index contributed by atoms with van der Waals surface area (Å²) in [4.78, 5) is 11.6. The molecule has 6 heteroatoms. The second-order valence-corrected chi connectivity index (χ2v) is 6.98. The zero-order valence-corrected chi connectivity index (χ0v) is 12.9. The number of sulfonamides is 1. The van der Waals surface area contributed by atoms with Gasteiger partial charge in [-0.2, -0.15) is 0 Å². The predicted octanol–water partition coefficient (Wildman–Crippen LogP) is 2.68. The van der Waals surface area contributed by atoms with Crippen LogP contribution in [0, 0.1) is 6.92 Å². The summed E-state index contributed by atoms with van der Waals surface area (Å²) in [6, 6.07) is 11.9. The molecule has 2 aromatic rings. The van der Waals surface area contributed by atoms with E-state index < -0.39 is 10.0 Å². The van der Waals surface area contributed by atoms with Gasteiger partial charge in [-0.25, -0.2) is 8.42 Å². The van der Waals surface area contributed by atoms with Crippen LogP contribution in [0.4, 0.5) is 11.4 Å². The van der Waals surface area contributed by atoms with Crippen molar-refractivity contribution in [3.63, 3.8) is 0 Å². The van der Waals surface area contributed by atoms with E-state index in [1.807, 2.05) is 6.92 Å². The SMILES string of the molecule is Cc1ccc(S(=O)(=O)Nc2cccc3c2CCC(=O)N3)cc1. The summed E-state index contributed by atoms with van der Waals surface area (Å²) in [7, 11) is -3.64. The van der Waals surface area contributed by atoms with E-state index in [4.69, 9.17) is 0 Å². The molecule has 0 spiro atoms. The lowest BCUT2D eigenvalue weighted by atomic mass is 10.0. The Morgan fingerprint density at radius 2 is 1.77 bits per heavy atom. The maximum atomic E-state index is 12.5. The molecular weight excluding hydrogens is 300 g/mol. The van der Waals surface area contributed by atoms with E-state index in [2.05, 4.69) is 10.0 Å². The molecule has 0 aromatic heterocycles. The van der Waals surface area contributed by atoms with Crippen molar-refractivity contribution in [1.29, 1.82) is 0 Å². The van der Waals surface area contributed by atoms with Crippen LogP contribution in [0.2, 0.25) is 0 Å². The van der Waals surface area contributed by atoms with Gasteiger partial charge in [0.1, 0.15) is 0 Å². The number of aryl methyl sites for hydroxylation is 1. The lowest BCUT2D eigenvalue weighted by Crippen LogP contribution is -2.21. The zero-order chi connectivity index (χ0) is 15.7. The Morgan fingerprint density at radius 1 is 1.05 bits per heavy atom. The number of fused-ring (bicyclic) bond motifs is 1. The predicted molar refractivity (Wildman–Crippen MR) is 85.4 cm³/mol. The third-order valence-electron chi connectivity index (χ3n) is 3.63. The van der Waals surface area contributed by atoms with E-state index in [9.17, 15) is 13.2 Å². The van der Waals surface area contributed by atoms with Crippen LogP contribution in [-0.2, 0) is 21.2 Å². The molecule has 5 nitrogen and oxygen atoms in total. The van der Waals surface area contributed by atoms with Crippen molar-refractivity contribution in [3.8, 4) is 0 Å². The van der Waals surface area contributed by atoms with Crippen molar-refractivity contribution in [2.45, 2.75) is 24.7 Å². The fraction of sp³-hybridized carbons (Fsp3) is 0.188. The average Bonchev–Trinajstić information content (AvgIpc) is 2.47. The highest BCUT2D eigenvalue weighted by Crippen LogP contribution is 2.30. The fourth-order valence-electron chi connectivity index (χ4n) is 2.44. The number of amides is 1. The van der Waals surface area contributed by atoms with Gasteiger partial charge in [-0.1, -0.05) is 23.8 Å². The van der Waals surface area contributed by atoms with Crippen molar-refractivity contribution in [1.82, 2.24) is 0 Å². The summed E-state index contributed by atoms with van der Waals surface area (Å²) in [6.07, 6.45) is 0.879. The van der Waals surface area contributed by atoms with Crippen molar-refractivity contribution >= 4 is 27.3 Å². The van der Waals surface area contributed by atoms with Crippen LogP contribution in [0.5, 0.6) is 0 Å². The molecule has 1 aliphatic rings. The Balaban J connectivity index is 1.95. The maximum Gasteiger partial charge on any atom is 0.261 e. The van der Waals surface area contributed by atoms with E-state index >= 15 is 0 Å². The molecule has 2 aromatic carbocycles. The normalized spacial score (nSPS) is 14.1. The number of anilines is 2. The fourth-order valence-corrected chi connectivity index (χ4v) is 3.53. The topological polar surface area (TPSA) is 75.3 Å². The summed E-state index contributed by atoms with van der Waals surface area (Å²) in [5.41, 5.74) is 3.00. The van der Waals surface area contributed by atoms with E-state index in [0.29, 0.717) is 24.2 Å². The first kappa shape index (κ1) is 14.6. The number of nitrogens with one attached hydrogen (secondary N) is 2. The van der Waals surface area contributed by atoms with Gasteiger partial charge < -0.3 is 5.32 Å². The third-order valence-corrected chi connectivity index (χ3v) is 5.01.